The molecule has 4 unspecified atom stereocenters. The number of aliphatic hydroxyl groups excluding tert-OH is 1. The number of aliphatic carboxylic acids is 2. The highest BCUT2D eigenvalue weighted by molar-refractivity contribution is 5.95. The first-order valence-corrected chi connectivity index (χ1v) is 8.22. The molecule has 0 aromatic heterocycles. The van der Waals surface area contributed by atoms with Crippen LogP contribution in [0.3, 0.4) is 0 Å². The summed E-state index contributed by atoms with van der Waals surface area (Å²) in [4.78, 5) is 57.8. The van der Waals surface area contributed by atoms with Crippen molar-refractivity contribution < 1.29 is 39.3 Å². The maximum absolute atomic E-state index is 12.2. The highest BCUT2D eigenvalue weighted by Gasteiger charge is 2.31. The van der Waals surface area contributed by atoms with E-state index >= 15 is 0 Å². The minimum absolute atomic E-state index is 0.412. The molecule has 12 heteroatoms. The normalized spacial score (nSPS) is 15.0. The molecule has 3 amide bonds. The molecular weight excluding hydrogens is 364 g/mol. The van der Waals surface area contributed by atoms with Crippen molar-refractivity contribution in [3.8, 4) is 0 Å². The number of hydrogen-bond donors (Lipinski definition) is 7. The van der Waals surface area contributed by atoms with Crippen LogP contribution in [-0.4, -0.2) is 76.3 Å². The van der Waals surface area contributed by atoms with E-state index in [1.54, 1.807) is 13.8 Å². The SMILES string of the molecule is CCC(C)C(NC(=O)C(CO)NC(=O)C(CC(=O)O)NC(=O)CN)C(=O)O. The fourth-order valence-corrected chi connectivity index (χ4v) is 2.04. The summed E-state index contributed by atoms with van der Waals surface area (Å²) >= 11 is 0. The molecule has 0 bridgehead atoms. The van der Waals surface area contributed by atoms with Crippen LogP contribution in [0.15, 0.2) is 0 Å². The van der Waals surface area contributed by atoms with E-state index in [1.807, 2.05) is 0 Å². The zero-order valence-corrected chi connectivity index (χ0v) is 15.1. The van der Waals surface area contributed by atoms with E-state index in [1.165, 1.54) is 0 Å². The van der Waals surface area contributed by atoms with Crippen LogP contribution < -0.4 is 21.7 Å². The summed E-state index contributed by atoms with van der Waals surface area (Å²) in [5.41, 5.74) is 5.10. The lowest BCUT2D eigenvalue weighted by Crippen LogP contribution is -2.58. The van der Waals surface area contributed by atoms with Gasteiger partial charge in [-0.1, -0.05) is 20.3 Å². The summed E-state index contributed by atoms with van der Waals surface area (Å²) in [5.74, 6) is -5.87. The van der Waals surface area contributed by atoms with Gasteiger partial charge in [-0.15, -0.1) is 0 Å². The summed E-state index contributed by atoms with van der Waals surface area (Å²) in [6.07, 6.45) is -0.318. The zero-order chi connectivity index (χ0) is 21.1. The van der Waals surface area contributed by atoms with Crippen molar-refractivity contribution in [3.63, 3.8) is 0 Å². The van der Waals surface area contributed by atoms with Gasteiger partial charge in [-0.05, 0) is 5.92 Å². The van der Waals surface area contributed by atoms with Crippen molar-refractivity contribution in [3.05, 3.63) is 0 Å². The Balaban J connectivity index is 5.15. The molecule has 0 aromatic rings. The van der Waals surface area contributed by atoms with Crippen molar-refractivity contribution >= 4 is 29.7 Å². The Kier molecular flexibility index (Phi) is 10.6. The summed E-state index contributed by atoms with van der Waals surface area (Å²) < 4.78 is 0. The summed E-state index contributed by atoms with van der Waals surface area (Å²) in [6.45, 7) is 1.99. The fourth-order valence-electron chi connectivity index (χ4n) is 2.04. The third-order valence-electron chi connectivity index (χ3n) is 3.81. The van der Waals surface area contributed by atoms with E-state index in [4.69, 9.17) is 10.8 Å². The molecule has 0 aliphatic carbocycles. The molecule has 0 rings (SSSR count). The fraction of sp³-hybridized carbons (Fsp3) is 0.667. The first kappa shape index (κ1) is 24.3. The first-order valence-electron chi connectivity index (χ1n) is 8.22. The molecule has 154 valence electrons. The molecule has 27 heavy (non-hydrogen) atoms. The zero-order valence-electron chi connectivity index (χ0n) is 15.1. The van der Waals surface area contributed by atoms with E-state index in [0.29, 0.717) is 6.42 Å². The highest BCUT2D eigenvalue weighted by Crippen LogP contribution is 2.08. The Hall–Kier alpha value is -2.73. The van der Waals surface area contributed by atoms with Gasteiger partial charge >= 0.3 is 11.9 Å². The highest BCUT2D eigenvalue weighted by atomic mass is 16.4. The molecule has 0 fully saturated rings. The number of rotatable bonds is 12. The van der Waals surface area contributed by atoms with Gasteiger partial charge in [-0.2, -0.15) is 0 Å². The van der Waals surface area contributed by atoms with Crippen LogP contribution in [0.25, 0.3) is 0 Å². The second kappa shape index (κ2) is 11.8. The number of aliphatic hydroxyl groups is 1. The average molecular weight is 390 g/mol. The topological polar surface area (TPSA) is 208 Å². The van der Waals surface area contributed by atoms with Gasteiger partial charge in [-0.25, -0.2) is 4.79 Å². The van der Waals surface area contributed by atoms with Crippen LogP contribution in [0.2, 0.25) is 0 Å². The van der Waals surface area contributed by atoms with Crippen molar-refractivity contribution in [2.75, 3.05) is 13.2 Å². The van der Waals surface area contributed by atoms with Crippen LogP contribution in [0, 0.1) is 5.92 Å². The molecule has 0 saturated carbocycles. The van der Waals surface area contributed by atoms with E-state index in [2.05, 4.69) is 16.0 Å². The first-order chi connectivity index (χ1) is 12.6. The molecule has 0 aliphatic rings. The number of nitrogens with two attached hydrogens (primary N) is 1. The van der Waals surface area contributed by atoms with Crippen molar-refractivity contribution in [1.29, 1.82) is 0 Å². The lowest BCUT2D eigenvalue weighted by molar-refractivity contribution is -0.144. The molecule has 0 radical (unpaired) electrons. The number of carboxylic acid groups (broad SMARTS) is 2. The third kappa shape index (κ3) is 8.46. The van der Waals surface area contributed by atoms with Gasteiger partial charge in [0.05, 0.1) is 19.6 Å². The van der Waals surface area contributed by atoms with Gasteiger partial charge in [0.15, 0.2) is 0 Å². The maximum Gasteiger partial charge on any atom is 0.326 e. The minimum Gasteiger partial charge on any atom is -0.481 e. The molecule has 8 N–H and O–H groups in total. The summed E-state index contributed by atoms with van der Waals surface area (Å²) in [6, 6.07) is -4.29. The maximum atomic E-state index is 12.2. The lowest BCUT2D eigenvalue weighted by atomic mass is 9.99. The van der Waals surface area contributed by atoms with E-state index in [-0.39, 0.29) is 0 Å². The molecule has 12 nitrogen and oxygen atoms in total. The Morgan fingerprint density at radius 3 is 1.93 bits per heavy atom. The Bertz CT molecular complexity index is 568. The van der Waals surface area contributed by atoms with Crippen LogP contribution in [0.5, 0.6) is 0 Å². The smallest absolute Gasteiger partial charge is 0.326 e. The molecule has 0 saturated heterocycles. The predicted octanol–water partition coefficient (Wildman–Crippen LogP) is -3.00. The van der Waals surface area contributed by atoms with Crippen LogP contribution in [-0.2, 0) is 24.0 Å². The van der Waals surface area contributed by atoms with Gasteiger partial charge in [0.1, 0.15) is 18.1 Å². The molecule has 4 atom stereocenters. The van der Waals surface area contributed by atoms with E-state index in [9.17, 15) is 34.2 Å². The Labute approximate surface area is 155 Å². The quantitative estimate of drug-likeness (QED) is 0.181. The average Bonchev–Trinajstić information content (AvgIpc) is 2.61. The van der Waals surface area contributed by atoms with E-state index < -0.39 is 73.3 Å². The predicted molar refractivity (Wildman–Crippen MR) is 91.3 cm³/mol. The Morgan fingerprint density at radius 2 is 1.52 bits per heavy atom. The number of hydrogen-bond acceptors (Lipinski definition) is 7. The summed E-state index contributed by atoms with van der Waals surface area (Å²) in [7, 11) is 0. The van der Waals surface area contributed by atoms with Crippen molar-refractivity contribution in [2.45, 2.75) is 44.8 Å². The number of carbonyl (C=O) groups is 5. The molecule has 0 aromatic carbocycles. The van der Waals surface area contributed by atoms with E-state index in [0.717, 1.165) is 0 Å². The third-order valence-corrected chi connectivity index (χ3v) is 3.81. The molecule has 0 heterocycles. The van der Waals surface area contributed by atoms with Crippen molar-refractivity contribution in [2.24, 2.45) is 11.7 Å². The van der Waals surface area contributed by atoms with Gasteiger partial charge in [0.2, 0.25) is 17.7 Å². The van der Waals surface area contributed by atoms with Gasteiger partial charge in [0.25, 0.3) is 0 Å². The largest absolute Gasteiger partial charge is 0.481 e. The minimum atomic E-state index is -1.53. The van der Waals surface area contributed by atoms with Crippen LogP contribution in [0.4, 0.5) is 0 Å². The number of nitrogens with one attached hydrogen (secondary N) is 3. The van der Waals surface area contributed by atoms with Crippen LogP contribution in [0.1, 0.15) is 26.7 Å². The Morgan fingerprint density at radius 1 is 0.963 bits per heavy atom. The number of carbonyl (C=O) groups excluding carboxylic acids is 3. The number of amides is 3. The molecular formula is C15H26N4O8. The molecule has 0 spiro atoms. The standard InChI is InChI=1S/C15H26N4O8/c1-3-7(2)12(15(26)27)19-14(25)9(6-20)18-13(24)8(4-11(22)23)17-10(21)5-16/h7-9,12,20H,3-6,16H2,1-2H3,(H,17,21)(H,18,24)(H,19,25)(H,22,23)(H,26,27). The molecule has 0 aliphatic heterocycles. The van der Waals surface area contributed by atoms with Gasteiger partial charge in [0, 0.05) is 0 Å². The number of carboxylic acids is 2. The lowest BCUT2D eigenvalue weighted by Gasteiger charge is -2.24. The van der Waals surface area contributed by atoms with Gasteiger partial charge < -0.3 is 37.0 Å². The van der Waals surface area contributed by atoms with Gasteiger partial charge in [-0.3, -0.25) is 19.2 Å². The van der Waals surface area contributed by atoms with Crippen LogP contribution >= 0.6 is 0 Å². The second-order valence-corrected chi connectivity index (χ2v) is 5.88. The second-order valence-electron chi connectivity index (χ2n) is 5.88. The summed E-state index contributed by atoms with van der Waals surface area (Å²) in [5, 5.41) is 33.7. The monoisotopic (exact) mass is 390 g/mol. The van der Waals surface area contributed by atoms with Crippen molar-refractivity contribution in [1.82, 2.24) is 16.0 Å².